The number of nitrogens with zero attached hydrogens (tertiary/aromatic N) is 2. The number of carbonyl (C=O) groups is 1. The van der Waals surface area contributed by atoms with E-state index in [1.54, 1.807) is 11.3 Å². The third-order valence-electron chi connectivity index (χ3n) is 3.00. The molecule has 1 aliphatic carbocycles. The number of nitrogens with one attached hydrogen (secondary N) is 1. The number of rotatable bonds is 4. The second kappa shape index (κ2) is 4.20. The zero-order valence-electron chi connectivity index (χ0n) is 9.93. The van der Waals surface area contributed by atoms with Gasteiger partial charge in [-0.15, -0.1) is 11.3 Å². The van der Waals surface area contributed by atoms with Crippen molar-refractivity contribution < 1.29 is 9.90 Å². The smallest absolute Gasteiger partial charge is 0.322 e. The second-order valence-electron chi connectivity index (χ2n) is 4.51. The quantitative estimate of drug-likeness (QED) is 0.885. The van der Waals surface area contributed by atoms with Crippen molar-refractivity contribution in [2.75, 3.05) is 11.9 Å². The molecule has 0 saturated heterocycles. The SMILES string of the molecule is Cc1nc(NCC(=O)O)c2c(C3CC3)csc2n1. The summed E-state index contributed by atoms with van der Waals surface area (Å²) in [5, 5.41) is 14.8. The Hall–Kier alpha value is -1.69. The van der Waals surface area contributed by atoms with Gasteiger partial charge in [-0.25, -0.2) is 9.97 Å². The van der Waals surface area contributed by atoms with E-state index in [0.717, 1.165) is 10.2 Å². The minimum Gasteiger partial charge on any atom is -0.480 e. The van der Waals surface area contributed by atoms with Crippen LogP contribution in [0.4, 0.5) is 5.82 Å². The van der Waals surface area contributed by atoms with Crippen molar-refractivity contribution in [2.24, 2.45) is 0 Å². The summed E-state index contributed by atoms with van der Waals surface area (Å²) in [5.74, 6) is 1.04. The van der Waals surface area contributed by atoms with Gasteiger partial charge in [0, 0.05) is 0 Å². The summed E-state index contributed by atoms with van der Waals surface area (Å²) in [5.41, 5.74) is 1.27. The van der Waals surface area contributed by atoms with Crippen molar-refractivity contribution in [1.29, 1.82) is 0 Å². The van der Waals surface area contributed by atoms with Gasteiger partial charge in [0.05, 0.1) is 5.39 Å². The number of hydrogen-bond donors (Lipinski definition) is 2. The molecule has 0 unspecified atom stereocenters. The van der Waals surface area contributed by atoms with Crippen LogP contribution < -0.4 is 5.32 Å². The van der Waals surface area contributed by atoms with Gasteiger partial charge in [0.25, 0.3) is 0 Å². The third-order valence-corrected chi connectivity index (χ3v) is 3.89. The fourth-order valence-electron chi connectivity index (χ4n) is 2.05. The molecule has 0 aliphatic heterocycles. The van der Waals surface area contributed by atoms with Crippen molar-refractivity contribution in [3.05, 3.63) is 16.8 Å². The summed E-state index contributed by atoms with van der Waals surface area (Å²) in [6.07, 6.45) is 2.41. The topological polar surface area (TPSA) is 75.1 Å². The number of anilines is 1. The molecule has 2 aromatic heterocycles. The van der Waals surface area contributed by atoms with Crippen LogP contribution in [-0.2, 0) is 4.79 Å². The minimum absolute atomic E-state index is 0.120. The van der Waals surface area contributed by atoms with Gasteiger partial charge in [-0.1, -0.05) is 0 Å². The largest absolute Gasteiger partial charge is 0.480 e. The lowest BCUT2D eigenvalue weighted by Crippen LogP contribution is -2.14. The van der Waals surface area contributed by atoms with Crippen molar-refractivity contribution in [2.45, 2.75) is 25.7 Å². The zero-order valence-corrected chi connectivity index (χ0v) is 10.8. The number of aryl methyl sites for hydroxylation is 1. The first-order valence-electron chi connectivity index (χ1n) is 5.86. The Morgan fingerprint density at radius 3 is 3.00 bits per heavy atom. The van der Waals surface area contributed by atoms with Gasteiger partial charge in [0.2, 0.25) is 0 Å². The predicted molar refractivity (Wildman–Crippen MR) is 70.3 cm³/mol. The predicted octanol–water partition coefficient (Wildman–Crippen LogP) is 2.37. The average Bonchev–Trinajstić information content (AvgIpc) is 3.07. The first kappa shape index (κ1) is 11.4. The number of aromatic nitrogens is 2. The number of fused-ring (bicyclic) bond motifs is 1. The Kier molecular flexibility index (Phi) is 2.66. The van der Waals surface area contributed by atoms with E-state index in [2.05, 4.69) is 20.7 Å². The van der Waals surface area contributed by atoms with E-state index in [-0.39, 0.29) is 6.54 Å². The fraction of sp³-hybridized carbons (Fsp3) is 0.417. The molecule has 2 aromatic rings. The summed E-state index contributed by atoms with van der Waals surface area (Å²) < 4.78 is 0. The van der Waals surface area contributed by atoms with Crippen LogP contribution in [0.15, 0.2) is 5.38 Å². The van der Waals surface area contributed by atoms with E-state index >= 15 is 0 Å². The lowest BCUT2D eigenvalue weighted by Gasteiger charge is -2.07. The lowest BCUT2D eigenvalue weighted by molar-refractivity contribution is -0.134. The van der Waals surface area contributed by atoms with Gasteiger partial charge in [-0.2, -0.15) is 0 Å². The van der Waals surface area contributed by atoms with Gasteiger partial charge in [0.1, 0.15) is 23.0 Å². The number of carboxylic acids is 1. The Morgan fingerprint density at radius 1 is 1.56 bits per heavy atom. The van der Waals surface area contributed by atoms with E-state index in [0.29, 0.717) is 17.6 Å². The Balaban J connectivity index is 2.08. The molecule has 18 heavy (non-hydrogen) atoms. The molecule has 0 radical (unpaired) electrons. The highest BCUT2D eigenvalue weighted by Gasteiger charge is 2.28. The summed E-state index contributed by atoms with van der Waals surface area (Å²) in [6.45, 7) is 1.70. The molecule has 0 aromatic carbocycles. The molecule has 6 heteroatoms. The highest BCUT2D eigenvalue weighted by molar-refractivity contribution is 7.17. The maximum Gasteiger partial charge on any atom is 0.322 e. The number of thiophene rings is 1. The molecule has 0 spiro atoms. The van der Waals surface area contributed by atoms with Crippen LogP contribution in [-0.4, -0.2) is 27.6 Å². The van der Waals surface area contributed by atoms with Crippen molar-refractivity contribution in [3.63, 3.8) is 0 Å². The van der Waals surface area contributed by atoms with E-state index in [1.165, 1.54) is 18.4 Å². The van der Waals surface area contributed by atoms with Gasteiger partial charge in [-0.3, -0.25) is 4.79 Å². The first-order valence-corrected chi connectivity index (χ1v) is 6.74. The Bertz CT molecular complexity index is 619. The first-order chi connectivity index (χ1) is 8.65. The lowest BCUT2D eigenvalue weighted by atomic mass is 10.1. The van der Waals surface area contributed by atoms with E-state index in [4.69, 9.17) is 5.11 Å². The number of aliphatic carboxylic acids is 1. The third kappa shape index (κ3) is 2.03. The van der Waals surface area contributed by atoms with Crippen LogP contribution in [0, 0.1) is 6.92 Å². The summed E-state index contributed by atoms with van der Waals surface area (Å²) >= 11 is 1.61. The van der Waals surface area contributed by atoms with Crippen molar-refractivity contribution >= 4 is 33.3 Å². The van der Waals surface area contributed by atoms with E-state index < -0.39 is 5.97 Å². The molecule has 0 bridgehead atoms. The second-order valence-corrected chi connectivity index (χ2v) is 5.37. The summed E-state index contributed by atoms with van der Waals surface area (Å²) in [4.78, 5) is 20.4. The van der Waals surface area contributed by atoms with Crippen molar-refractivity contribution in [3.8, 4) is 0 Å². The standard InChI is InChI=1S/C12H13N3O2S/c1-6-14-11(13-4-9(16)17)10-8(7-2-3-7)5-18-12(10)15-6/h5,7H,2-4H2,1H3,(H,16,17)(H,13,14,15). The molecular weight excluding hydrogens is 250 g/mol. The van der Waals surface area contributed by atoms with Gasteiger partial charge >= 0.3 is 5.97 Å². The molecule has 1 saturated carbocycles. The molecule has 1 aliphatic rings. The highest BCUT2D eigenvalue weighted by atomic mass is 32.1. The van der Waals surface area contributed by atoms with Gasteiger partial charge in [-0.05, 0) is 36.6 Å². The molecule has 5 nitrogen and oxygen atoms in total. The monoisotopic (exact) mass is 263 g/mol. The zero-order chi connectivity index (χ0) is 12.7. The molecule has 2 N–H and O–H groups in total. The maximum atomic E-state index is 10.7. The molecule has 1 fully saturated rings. The van der Waals surface area contributed by atoms with Crippen LogP contribution in [0.2, 0.25) is 0 Å². The summed E-state index contributed by atoms with van der Waals surface area (Å²) in [7, 11) is 0. The van der Waals surface area contributed by atoms with Crippen LogP contribution in [0.5, 0.6) is 0 Å². The van der Waals surface area contributed by atoms with Gasteiger partial charge in [0.15, 0.2) is 0 Å². The maximum absolute atomic E-state index is 10.7. The molecule has 0 amide bonds. The van der Waals surface area contributed by atoms with Crippen LogP contribution >= 0.6 is 11.3 Å². The molecule has 0 atom stereocenters. The molecule has 2 heterocycles. The molecule has 3 rings (SSSR count). The highest BCUT2D eigenvalue weighted by Crippen LogP contribution is 2.46. The van der Waals surface area contributed by atoms with Gasteiger partial charge < -0.3 is 10.4 Å². The van der Waals surface area contributed by atoms with Crippen LogP contribution in [0.3, 0.4) is 0 Å². The molecule has 94 valence electrons. The number of hydrogen-bond acceptors (Lipinski definition) is 5. The Labute approximate surface area is 108 Å². The molecular formula is C12H13N3O2S. The Morgan fingerprint density at radius 2 is 2.33 bits per heavy atom. The number of carboxylic acid groups (broad SMARTS) is 1. The summed E-state index contributed by atoms with van der Waals surface area (Å²) in [6, 6.07) is 0. The minimum atomic E-state index is -0.886. The van der Waals surface area contributed by atoms with Crippen molar-refractivity contribution in [1.82, 2.24) is 9.97 Å². The fourth-order valence-corrected chi connectivity index (χ4v) is 3.12. The van der Waals surface area contributed by atoms with E-state index in [1.807, 2.05) is 6.92 Å². The normalized spacial score (nSPS) is 14.9. The van der Waals surface area contributed by atoms with Crippen LogP contribution in [0.1, 0.15) is 30.1 Å². The van der Waals surface area contributed by atoms with Crippen LogP contribution in [0.25, 0.3) is 10.2 Å². The van der Waals surface area contributed by atoms with E-state index in [9.17, 15) is 4.79 Å². The average molecular weight is 263 g/mol.